The number of rotatable bonds is 4. The molecule has 3 heteroatoms. The average Bonchev–Trinajstić information content (AvgIpc) is 2.48. The predicted molar refractivity (Wildman–Crippen MR) is 91.3 cm³/mol. The van der Waals surface area contributed by atoms with Gasteiger partial charge in [0.25, 0.3) is 0 Å². The third-order valence-electron chi connectivity index (χ3n) is 4.23. The molecule has 0 fully saturated rings. The van der Waals surface area contributed by atoms with Crippen LogP contribution in [0.15, 0.2) is 42.5 Å². The largest absolute Gasteiger partial charge is 0.242 e. The number of hydrogen-bond donors (Lipinski definition) is 1. The second-order valence-electron chi connectivity index (χ2n) is 7.02. The highest BCUT2D eigenvalue weighted by molar-refractivity contribution is 7.84. The van der Waals surface area contributed by atoms with Crippen molar-refractivity contribution in [2.45, 2.75) is 57.2 Å². The molecule has 2 nitrogen and oxygen atoms in total. The van der Waals surface area contributed by atoms with Crippen molar-refractivity contribution < 1.29 is 4.21 Å². The van der Waals surface area contributed by atoms with Crippen LogP contribution >= 0.6 is 0 Å². The SMILES string of the molecule is CC(C)(C)S(=O)N[C@](C)(c1ccccc1)[C@@H]1C=CCCC1. The predicted octanol–water partition coefficient (Wildman–Crippen LogP) is 4.31. The minimum absolute atomic E-state index is 0.269. The van der Waals surface area contributed by atoms with Crippen molar-refractivity contribution in [3.63, 3.8) is 0 Å². The normalized spacial score (nSPS) is 23.5. The van der Waals surface area contributed by atoms with Crippen LogP contribution in [0.5, 0.6) is 0 Å². The van der Waals surface area contributed by atoms with Crippen molar-refractivity contribution in [1.29, 1.82) is 0 Å². The molecule has 0 amide bonds. The standard InChI is InChI=1S/C18H27NOS/c1-17(2,3)21(20)19-18(4,15-11-7-5-8-12-15)16-13-9-6-10-14-16/h5,7-9,11-13,16,19H,6,10,14H2,1-4H3/t16-,18-,21?/m1/s1. The van der Waals surface area contributed by atoms with E-state index in [1.807, 2.05) is 26.8 Å². The van der Waals surface area contributed by atoms with Crippen molar-refractivity contribution in [2.75, 3.05) is 0 Å². The van der Waals surface area contributed by atoms with Crippen molar-refractivity contribution >= 4 is 11.0 Å². The Morgan fingerprint density at radius 2 is 1.81 bits per heavy atom. The van der Waals surface area contributed by atoms with Crippen LogP contribution in [-0.2, 0) is 16.5 Å². The summed E-state index contributed by atoms with van der Waals surface area (Å²) in [5.41, 5.74) is 0.912. The zero-order valence-corrected chi connectivity index (χ0v) is 14.4. The monoisotopic (exact) mass is 305 g/mol. The molecule has 0 saturated heterocycles. The van der Waals surface area contributed by atoms with Gasteiger partial charge in [-0.1, -0.05) is 42.5 Å². The lowest BCUT2D eigenvalue weighted by molar-refractivity contribution is 0.298. The summed E-state index contributed by atoms with van der Waals surface area (Å²) in [7, 11) is -1.09. The van der Waals surface area contributed by atoms with Gasteiger partial charge < -0.3 is 0 Å². The topological polar surface area (TPSA) is 29.1 Å². The molecule has 0 bridgehead atoms. The van der Waals surface area contributed by atoms with Crippen LogP contribution < -0.4 is 4.72 Å². The van der Waals surface area contributed by atoms with Gasteiger partial charge in [0, 0.05) is 0 Å². The Labute approximate surface area is 131 Å². The van der Waals surface area contributed by atoms with Gasteiger partial charge in [0.1, 0.15) is 0 Å². The molecule has 0 radical (unpaired) electrons. The Kier molecular flexibility index (Phi) is 5.05. The zero-order chi connectivity index (χ0) is 15.5. The summed E-state index contributed by atoms with van der Waals surface area (Å²) in [6.07, 6.45) is 8.05. The van der Waals surface area contributed by atoms with Crippen LogP contribution in [0.1, 0.15) is 52.5 Å². The summed E-state index contributed by atoms with van der Waals surface area (Å²) in [4.78, 5) is 0. The van der Waals surface area contributed by atoms with E-state index in [0.29, 0.717) is 5.92 Å². The molecule has 1 aromatic rings. The molecule has 2 rings (SSSR count). The molecule has 1 aliphatic carbocycles. The Bertz CT molecular complexity index is 518. The summed E-state index contributed by atoms with van der Waals surface area (Å²) in [6.45, 7) is 8.22. The van der Waals surface area contributed by atoms with E-state index >= 15 is 0 Å². The highest BCUT2D eigenvalue weighted by Gasteiger charge is 2.38. The summed E-state index contributed by atoms with van der Waals surface area (Å²) in [6, 6.07) is 10.4. The fraction of sp³-hybridized carbons (Fsp3) is 0.556. The smallest absolute Gasteiger partial charge is 0.0978 e. The molecule has 116 valence electrons. The fourth-order valence-corrected chi connectivity index (χ4v) is 3.73. The van der Waals surface area contributed by atoms with E-state index in [4.69, 9.17) is 0 Å². The molecule has 0 spiro atoms. The molecule has 1 aliphatic rings. The van der Waals surface area contributed by atoms with Gasteiger partial charge in [-0.3, -0.25) is 0 Å². The van der Waals surface area contributed by atoms with Gasteiger partial charge in [-0.2, -0.15) is 0 Å². The van der Waals surface area contributed by atoms with Gasteiger partial charge in [-0.15, -0.1) is 0 Å². The molecule has 21 heavy (non-hydrogen) atoms. The molecule has 1 unspecified atom stereocenters. The maximum Gasteiger partial charge on any atom is 0.0978 e. The molecule has 1 N–H and O–H groups in total. The van der Waals surface area contributed by atoms with Gasteiger partial charge >= 0.3 is 0 Å². The summed E-state index contributed by atoms with van der Waals surface area (Å²) >= 11 is 0. The maximum atomic E-state index is 12.7. The Morgan fingerprint density at radius 3 is 2.33 bits per heavy atom. The molecule has 3 atom stereocenters. The van der Waals surface area contributed by atoms with E-state index in [0.717, 1.165) is 12.8 Å². The molecule has 0 heterocycles. The lowest BCUT2D eigenvalue weighted by Crippen LogP contribution is -2.50. The third-order valence-corrected chi connectivity index (χ3v) is 5.95. The maximum absolute atomic E-state index is 12.7. The van der Waals surface area contributed by atoms with E-state index in [1.54, 1.807) is 0 Å². The van der Waals surface area contributed by atoms with Crippen molar-refractivity contribution in [2.24, 2.45) is 5.92 Å². The molecule has 0 aromatic heterocycles. The van der Waals surface area contributed by atoms with Crippen molar-refractivity contribution in [3.8, 4) is 0 Å². The lowest BCUT2D eigenvalue weighted by atomic mass is 9.76. The highest BCUT2D eigenvalue weighted by atomic mass is 32.2. The van der Waals surface area contributed by atoms with Crippen LogP contribution in [0.4, 0.5) is 0 Å². The quantitative estimate of drug-likeness (QED) is 0.825. The average molecular weight is 305 g/mol. The Morgan fingerprint density at radius 1 is 1.14 bits per heavy atom. The lowest BCUT2D eigenvalue weighted by Gasteiger charge is -2.40. The van der Waals surface area contributed by atoms with Crippen LogP contribution in [0.3, 0.4) is 0 Å². The van der Waals surface area contributed by atoms with Gasteiger partial charge in [0.15, 0.2) is 0 Å². The van der Waals surface area contributed by atoms with E-state index < -0.39 is 11.0 Å². The van der Waals surface area contributed by atoms with E-state index in [9.17, 15) is 4.21 Å². The molecule has 1 aromatic carbocycles. The second-order valence-corrected chi connectivity index (χ2v) is 8.98. The number of nitrogens with one attached hydrogen (secondary N) is 1. The Balaban J connectivity index is 2.37. The molecule has 0 aliphatic heterocycles. The van der Waals surface area contributed by atoms with E-state index in [-0.39, 0.29) is 10.3 Å². The molecular weight excluding hydrogens is 278 g/mol. The summed E-state index contributed by atoms with van der Waals surface area (Å²) < 4.78 is 15.8. The molecule has 0 saturated carbocycles. The van der Waals surface area contributed by atoms with Gasteiger partial charge in [0.05, 0.1) is 21.3 Å². The van der Waals surface area contributed by atoms with Gasteiger partial charge in [-0.05, 0) is 58.4 Å². The summed E-state index contributed by atoms with van der Waals surface area (Å²) in [5, 5.41) is 0. The first-order valence-electron chi connectivity index (χ1n) is 7.76. The number of hydrogen-bond acceptors (Lipinski definition) is 1. The minimum atomic E-state index is -1.09. The first-order chi connectivity index (χ1) is 9.84. The molecular formula is C18H27NOS. The van der Waals surface area contributed by atoms with Gasteiger partial charge in [-0.25, -0.2) is 8.93 Å². The van der Waals surface area contributed by atoms with Crippen molar-refractivity contribution in [3.05, 3.63) is 48.0 Å². The second kappa shape index (κ2) is 6.45. The number of allylic oxidation sites excluding steroid dienone is 1. The van der Waals surface area contributed by atoms with E-state index in [2.05, 4.69) is 48.1 Å². The number of benzene rings is 1. The van der Waals surface area contributed by atoms with Gasteiger partial charge in [0.2, 0.25) is 0 Å². The summed E-state index contributed by atoms with van der Waals surface area (Å²) in [5.74, 6) is 0.375. The first-order valence-corrected chi connectivity index (χ1v) is 8.91. The minimum Gasteiger partial charge on any atom is -0.242 e. The van der Waals surface area contributed by atoms with Crippen LogP contribution in [0, 0.1) is 5.92 Å². The van der Waals surface area contributed by atoms with Crippen LogP contribution in [-0.4, -0.2) is 8.96 Å². The van der Waals surface area contributed by atoms with Crippen LogP contribution in [0.25, 0.3) is 0 Å². The van der Waals surface area contributed by atoms with Crippen molar-refractivity contribution in [1.82, 2.24) is 4.72 Å². The zero-order valence-electron chi connectivity index (χ0n) is 13.6. The highest BCUT2D eigenvalue weighted by Crippen LogP contribution is 2.37. The first kappa shape index (κ1) is 16.4. The van der Waals surface area contributed by atoms with E-state index in [1.165, 1.54) is 12.0 Å². The fourth-order valence-electron chi connectivity index (χ4n) is 2.77. The third kappa shape index (κ3) is 3.83. The van der Waals surface area contributed by atoms with Crippen LogP contribution in [0.2, 0.25) is 0 Å². The Hall–Kier alpha value is -0.930.